The van der Waals surface area contributed by atoms with Crippen LogP contribution in [0.1, 0.15) is 81.5 Å². The Balaban J connectivity index is 2.18. The van der Waals surface area contributed by atoms with Crippen LogP contribution in [0.15, 0.2) is 12.1 Å². The average molecular weight is 415 g/mol. The Labute approximate surface area is 171 Å². The molecule has 0 bridgehead atoms. The van der Waals surface area contributed by atoms with E-state index in [1.165, 1.54) is 52.0 Å². The molecule has 0 aliphatic carbocycles. The lowest BCUT2D eigenvalue weighted by Gasteiger charge is -2.17. The maximum Gasteiger partial charge on any atom is 0.325 e. The molecule has 1 aromatic rings. The normalized spacial score (nSPS) is 10.8. The molecule has 7 heteroatoms. The van der Waals surface area contributed by atoms with Crippen molar-refractivity contribution in [2.75, 3.05) is 20.2 Å². The van der Waals surface area contributed by atoms with E-state index in [1.807, 2.05) is 0 Å². The zero-order chi connectivity index (χ0) is 21.6. The van der Waals surface area contributed by atoms with Gasteiger partial charge < -0.3 is 9.64 Å². The fourth-order valence-corrected chi connectivity index (χ4v) is 2.98. The third kappa shape index (κ3) is 9.33. The number of hydrogen-bond donors (Lipinski definition) is 0. The van der Waals surface area contributed by atoms with Crippen molar-refractivity contribution in [1.82, 2.24) is 4.90 Å². The van der Waals surface area contributed by atoms with Gasteiger partial charge in [0.15, 0.2) is 17.5 Å². The van der Waals surface area contributed by atoms with E-state index in [-0.39, 0.29) is 6.61 Å². The standard InChI is InChI=1S/C22H32F3NO3/c1-3-4-5-6-7-8-9-10-11-12-15-29-19(27)16-26(2)22(28)17-13-14-18(23)21(25)20(17)24/h13-14H,3-12,15-16H2,1-2H3. The highest BCUT2D eigenvalue weighted by molar-refractivity contribution is 5.96. The van der Waals surface area contributed by atoms with E-state index in [4.69, 9.17) is 4.74 Å². The van der Waals surface area contributed by atoms with E-state index >= 15 is 0 Å². The third-order valence-corrected chi connectivity index (χ3v) is 4.74. The second kappa shape index (κ2) is 14.0. The van der Waals surface area contributed by atoms with Gasteiger partial charge in [-0.3, -0.25) is 9.59 Å². The van der Waals surface area contributed by atoms with Gasteiger partial charge in [0.2, 0.25) is 0 Å². The molecule has 4 nitrogen and oxygen atoms in total. The number of carbonyl (C=O) groups is 2. The summed E-state index contributed by atoms with van der Waals surface area (Å²) in [5.74, 6) is -6.21. The Kier molecular flexibility index (Phi) is 12.1. The predicted octanol–water partition coefficient (Wildman–Crippen LogP) is 5.64. The minimum Gasteiger partial charge on any atom is -0.464 e. The summed E-state index contributed by atoms with van der Waals surface area (Å²) in [7, 11) is 1.27. The summed E-state index contributed by atoms with van der Waals surface area (Å²) >= 11 is 0. The Morgan fingerprint density at radius 3 is 2.00 bits per heavy atom. The van der Waals surface area contributed by atoms with Gasteiger partial charge in [-0.15, -0.1) is 0 Å². The minimum atomic E-state index is -1.72. The molecule has 0 heterocycles. The van der Waals surface area contributed by atoms with Crippen LogP contribution in [0.25, 0.3) is 0 Å². The molecular weight excluding hydrogens is 383 g/mol. The van der Waals surface area contributed by atoms with Crippen molar-refractivity contribution in [3.8, 4) is 0 Å². The van der Waals surface area contributed by atoms with Crippen LogP contribution in [-0.4, -0.2) is 37.0 Å². The molecule has 0 fully saturated rings. The first kappa shape index (κ1) is 25.0. The number of esters is 1. The number of ether oxygens (including phenoxy) is 1. The summed E-state index contributed by atoms with van der Waals surface area (Å²) in [6, 6.07) is 1.52. The van der Waals surface area contributed by atoms with Gasteiger partial charge >= 0.3 is 5.97 Å². The molecule has 0 atom stereocenters. The second-order valence-corrected chi connectivity index (χ2v) is 7.29. The minimum absolute atomic E-state index is 0.261. The third-order valence-electron chi connectivity index (χ3n) is 4.74. The van der Waals surface area contributed by atoms with E-state index in [0.717, 1.165) is 30.2 Å². The lowest BCUT2D eigenvalue weighted by atomic mass is 10.1. The summed E-state index contributed by atoms with van der Waals surface area (Å²) in [6.07, 6.45) is 11.7. The molecule has 1 aromatic carbocycles. The van der Waals surface area contributed by atoms with Crippen LogP contribution >= 0.6 is 0 Å². The summed E-state index contributed by atoms with van der Waals surface area (Å²) in [6.45, 7) is 2.07. The first-order valence-electron chi connectivity index (χ1n) is 10.4. The summed E-state index contributed by atoms with van der Waals surface area (Å²) < 4.78 is 45.0. The van der Waals surface area contributed by atoms with Gasteiger partial charge in [-0.25, -0.2) is 13.2 Å². The van der Waals surface area contributed by atoms with Crippen LogP contribution in [0.5, 0.6) is 0 Å². The number of amides is 1. The van der Waals surface area contributed by atoms with Crippen molar-refractivity contribution in [1.29, 1.82) is 0 Å². The van der Waals surface area contributed by atoms with Gasteiger partial charge in [0, 0.05) is 7.05 Å². The number of carbonyl (C=O) groups excluding carboxylic acids is 2. The topological polar surface area (TPSA) is 46.6 Å². The van der Waals surface area contributed by atoms with Gasteiger partial charge in [-0.05, 0) is 18.6 Å². The van der Waals surface area contributed by atoms with Crippen LogP contribution in [-0.2, 0) is 9.53 Å². The van der Waals surface area contributed by atoms with Gasteiger partial charge in [-0.1, -0.05) is 64.7 Å². The van der Waals surface area contributed by atoms with Crippen LogP contribution in [0.2, 0.25) is 0 Å². The van der Waals surface area contributed by atoms with Crippen molar-refractivity contribution < 1.29 is 27.5 Å². The van der Waals surface area contributed by atoms with Gasteiger partial charge in [-0.2, -0.15) is 0 Å². The molecule has 0 spiro atoms. The van der Waals surface area contributed by atoms with E-state index in [2.05, 4.69) is 6.92 Å². The second-order valence-electron chi connectivity index (χ2n) is 7.29. The molecular formula is C22H32F3NO3. The quantitative estimate of drug-likeness (QED) is 0.224. The van der Waals surface area contributed by atoms with Crippen molar-refractivity contribution in [3.05, 3.63) is 35.1 Å². The Morgan fingerprint density at radius 2 is 1.41 bits per heavy atom. The zero-order valence-electron chi connectivity index (χ0n) is 17.4. The maximum absolute atomic E-state index is 13.7. The predicted molar refractivity (Wildman–Crippen MR) is 106 cm³/mol. The lowest BCUT2D eigenvalue weighted by molar-refractivity contribution is -0.144. The number of unbranched alkanes of at least 4 members (excludes halogenated alkanes) is 9. The Morgan fingerprint density at radius 1 is 0.862 bits per heavy atom. The highest BCUT2D eigenvalue weighted by atomic mass is 19.2. The largest absolute Gasteiger partial charge is 0.464 e. The summed E-state index contributed by atoms with van der Waals surface area (Å²) in [4.78, 5) is 24.8. The van der Waals surface area contributed by atoms with E-state index < -0.39 is 41.4 Å². The van der Waals surface area contributed by atoms with Crippen molar-refractivity contribution >= 4 is 11.9 Å². The van der Waals surface area contributed by atoms with Gasteiger partial charge in [0.1, 0.15) is 6.54 Å². The first-order valence-corrected chi connectivity index (χ1v) is 10.4. The number of rotatable bonds is 14. The molecule has 0 N–H and O–H groups in total. The van der Waals surface area contributed by atoms with Crippen molar-refractivity contribution in [2.45, 2.75) is 71.1 Å². The molecule has 1 amide bonds. The molecule has 0 aliphatic heterocycles. The maximum atomic E-state index is 13.7. The molecule has 164 valence electrons. The van der Waals surface area contributed by atoms with Crippen molar-refractivity contribution in [2.24, 2.45) is 0 Å². The number of hydrogen-bond acceptors (Lipinski definition) is 3. The first-order chi connectivity index (χ1) is 13.9. The molecule has 1 rings (SSSR count). The van der Waals surface area contributed by atoms with Gasteiger partial charge in [0.05, 0.1) is 12.2 Å². The molecule has 0 radical (unpaired) electrons. The Hall–Kier alpha value is -2.05. The van der Waals surface area contributed by atoms with Crippen LogP contribution in [0, 0.1) is 17.5 Å². The molecule has 0 saturated heterocycles. The van der Waals surface area contributed by atoms with E-state index in [9.17, 15) is 22.8 Å². The molecule has 0 unspecified atom stereocenters. The fourth-order valence-electron chi connectivity index (χ4n) is 2.98. The average Bonchev–Trinajstić information content (AvgIpc) is 2.70. The lowest BCUT2D eigenvalue weighted by Crippen LogP contribution is -2.33. The fraction of sp³-hybridized carbons (Fsp3) is 0.636. The Bertz CT molecular complexity index is 652. The highest BCUT2D eigenvalue weighted by Gasteiger charge is 2.23. The number of benzene rings is 1. The highest BCUT2D eigenvalue weighted by Crippen LogP contribution is 2.16. The summed E-state index contributed by atoms with van der Waals surface area (Å²) in [5.41, 5.74) is -0.631. The molecule has 0 saturated carbocycles. The van der Waals surface area contributed by atoms with E-state index in [1.54, 1.807) is 0 Å². The number of nitrogens with zero attached hydrogens (tertiary/aromatic N) is 1. The van der Waals surface area contributed by atoms with E-state index in [0.29, 0.717) is 6.07 Å². The van der Waals surface area contributed by atoms with Crippen LogP contribution in [0.4, 0.5) is 13.2 Å². The van der Waals surface area contributed by atoms with Crippen LogP contribution < -0.4 is 0 Å². The molecule has 0 aromatic heterocycles. The molecule has 29 heavy (non-hydrogen) atoms. The van der Waals surface area contributed by atoms with Gasteiger partial charge in [0.25, 0.3) is 5.91 Å². The molecule has 0 aliphatic rings. The smallest absolute Gasteiger partial charge is 0.325 e. The van der Waals surface area contributed by atoms with Crippen LogP contribution in [0.3, 0.4) is 0 Å². The van der Waals surface area contributed by atoms with Crippen molar-refractivity contribution in [3.63, 3.8) is 0 Å². The number of halogens is 3. The SMILES string of the molecule is CCCCCCCCCCCCOC(=O)CN(C)C(=O)c1ccc(F)c(F)c1F. The zero-order valence-corrected chi connectivity index (χ0v) is 17.4. The number of likely N-dealkylation sites (N-methyl/N-ethyl adjacent to an activating group) is 1. The monoisotopic (exact) mass is 415 g/mol. The summed E-state index contributed by atoms with van der Waals surface area (Å²) in [5, 5.41) is 0.